The highest BCUT2D eigenvalue weighted by molar-refractivity contribution is 5.65. The van der Waals surface area contributed by atoms with Crippen LogP contribution in [0.2, 0.25) is 0 Å². The second-order valence-electron chi connectivity index (χ2n) is 8.46. The molecule has 0 amide bonds. The Hall–Kier alpha value is -3.55. The average molecular weight is 478 g/mol. The van der Waals surface area contributed by atoms with E-state index in [0.29, 0.717) is 24.7 Å². The van der Waals surface area contributed by atoms with Gasteiger partial charge in [0.15, 0.2) is 11.6 Å². The van der Waals surface area contributed by atoms with E-state index in [1.54, 1.807) is 11.7 Å². The topological polar surface area (TPSA) is 50.5 Å². The molecule has 0 fully saturated rings. The van der Waals surface area contributed by atoms with Gasteiger partial charge in [0.2, 0.25) is 5.88 Å². The number of aryl methyl sites for hydroxylation is 1. The van der Waals surface area contributed by atoms with Gasteiger partial charge >= 0.3 is 0 Å². The molecule has 0 aliphatic carbocycles. The molecule has 1 N–H and O–H groups in total. The van der Waals surface area contributed by atoms with Crippen LogP contribution in [-0.4, -0.2) is 32.9 Å². The fourth-order valence-corrected chi connectivity index (χ4v) is 4.11. The summed E-state index contributed by atoms with van der Waals surface area (Å²) in [4.78, 5) is 2.13. The van der Waals surface area contributed by atoms with Crippen molar-refractivity contribution in [2.45, 2.75) is 26.0 Å². The Morgan fingerprint density at radius 3 is 2.34 bits per heavy atom. The number of aliphatic hydroxyl groups is 1. The first-order chi connectivity index (χ1) is 17.0. The smallest absolute Gasteiger partial charge is 0.222 e. The third kappa shape index (κ3) is 5.93. The molecule has 0 aliphatic rings. The SMILES string of the molecule is CCCN(Cc1c(-c2ccccc2)nn(C)c1Oc1ccc(F)cc1F)CC(O)c1ccccc1. The Morgan fingerprint density at radius 1 is 1.00 bits per heavy atom. The lowest BCUT2D eigenvalue weighted by atomic mass is 10.1. The van der Waals surface area contributed by atoms with Crippen molar-refractivity contribution >= 4 is 0 Å². The van der Waals surface area contributed by atoms with Crippen molar-refractivity contribution < 1.29 is 18.6 Å². The Labute approximate surface area is 204 Å². The van der Waals surface area contributed by atoms with Gasteiger partial charge in [-0.3, -0.25) is 4.90 Å². The van der Waals surface area contributed by atoms with Crippen molar-refractivity contribution in [3.63, 3.8) is 0 Å². The molecule has 4 aromatic rings. The van der Waals surface area contributed by atoms with Crippen LogP contribution in [-0.2, 0) is 13.6 Å². The highest BCUT2D eigenvalue weighted by Gasteiger charge is 2.24. The monoisotopic (exact) mass is 477 g/mol. The number of benzene rings is 3. The number of aromatic nitrogens is 2. The Bertz CT molecular complexity index is 1250. The summed E-state index contributed by atoms with van der Waals surface area (Å²) >= 11 is 0. The van der Waals surface area contributed by atoms with E-state index in [1.165, 1.54) is 6.07 Å². The molecule has 7 heteroatoms. The van der Waals surface area contributed by atoms with Crippen molar-refractivity contribution in [1.82, 2.24) is 14.7 Å². The number of rotatable bonds is 10. The van der Waals surface area contributed by atoms with Crippen molar-refractivity contribution in [2.75, 3.05) is 13.1 Å². The summed E-state index contributed by atoms with van der Waals surface area (Å²) in [7, 11) is 1.73. The second-order valence-corrected chi connectivity index (χ2v) is 8.46. The molecule has 5 nitrogen and oxygen atoms in total. The van der Waals surface area contributed by atoms with Crippen LogP contribution in [0, 0.1) is 11.6 Å². The summed E-state index contributed by atoms with van der Waals surface area (Å²) in [6, 6.07) is 22.4. The number of ether oxygens (including phenoxy) is 1. The molecule has 1 atom stereocenters. The Morgan fingerprint density at radius 2 is 1.69 bits per heavy atom. The van der Waals surface area contributed by atoms with Gasteiger partial charge in [-0.25, -0.2) is 13.5 Å². The summed E-state index contributed by atoms with van der Waals surface area (Å²) < 4.78 is 35.4. The largest absolute Gasteiger partial charge is 0.436 e. The van der Waals surface area contributed by atoms with Gasteiger partial charge < -0.3 is 9.84 Å². The molecule has 1 aromatic heterocycles. The molecule has 1 unspecified atom stereocenters. The zero-order chi connectivity index (χ0) is 24.8. The zero-order valence-corrected chi connectivity index (χ0v) is 19.9. The highest BCUT2D eigenvalue weighted by atomic mass is 19.1. The van der Waals surface area contributed by atoms with Crippen molar-refractivity contribution in [3.8, 4) is 22.9 Å². The minimum atomic E-state index is -0.789. The molecule has 0 aliphatic heterocycles. The van der Waals surface area contributed by atoms with Crippen LogP contribution < -0.4 is 4.74 Å². The fraction of sp³-hybridized carbons (Fsp3) is 0.250. The van der Waals surface area contributed by atoms with Gasteiger partial charge in [0.05, 0.1) is 11.7 Å². The van der Waals surface area contributed by atoms with E-state index in [9.17, 15) is 13.9 Å². The molecule has 3 aromatic carbocycles. The molecule has 0 saturated carbocycles. The zero-order valence-electron chi connectivity index (χ0n) is 19.9. The van der Waals surface area contributed by atoms with Crippen molar-refractivity contribution in [1.29, 1.82) is 0 Å². The van der Waals surface area contributed by atoms with Gasteiger partial charge in [0.25, 0.3) is 0 Å². The maximum Gasteiger partial charge on any atom is 0.222 e. The number of halogens is 2. The van der Waals surface area contributed by atoms with Crippen LogP contribution in [0.5, 0.6) is 11.6 Å². The number of hydrogen-bond acceptors (Lipinski definition) is 4. The molecular weight excluding hydrogens is 448 g/mol. The normalized spacial score (nSPS) is 12.2. The third-order valence-corrected chi connectivity index (χ3v) is 5.77. The first-order valence-corrected chi connectivity index (χ1v) is 11.7. The van der Waals surface area contributed by atoms with E-state index >= 15 is 0 Å². The average Bonchev–Trinajstić information content (AvgIpc) is 3.16. The van der Waals surface area contributed by atoms with Crippen LogP contribution in [0.3, 0.4) is 0 Å². The molecule has 1 heterocycles. The van der Waals surface area contributed by atoms with Crippen LogP contribution in [0.1, 0.15) is 30.6 Å². The maximum absolute atomic E-state index is 14.4. The van der Waals surface area contributed by atoms with E-state index < -0.39 is 17.7 Å². The minimum Gasteiger partial charge on any atom is -0.436 e. The lowest BCUT2D eigenvalue weighted by molar-refractivity contribution is 0.108. The predicted molar refractivity (Wildman–Crippen MR) is 132 cm³/mol. The summed E-state index contributed by atoms with van der Waals surface area (Å²) in [5.41, 5.74) is 3.21. The van der Waals surface area contributed by atoms with Gasteiger partial charge in [0.1, 0.15) is 11.5 Å². The first kappa shape index (κ1) is 24.6. The number of hydrogen-bond donors (Lipinski definition) is 1. The third-order valence-electron chi connectivity index (χ3n) is 5.77. The maximum atomic E-state index is 14.4. The molecule has 4 rings (SSSR count). The van der Waals surface area contributed by atoms with Gasteiger partial charge in [0, 0.05) is 31.8 Å². The van der Waals surface area contributed by atoms with E-state index in [1.807, 2.05) is 60.7 Å². The van der Waals surface area contributed by atoms with Gasteiger partial charge in [-0.2, -0.15) is 5.10 Å². The highest BCUT2D eigenvalue weighted by Crippen LogP contribution is 2.35. The van der Waals surface area contributed by atoms with Crippen LogP contribution >= 0.6 is 0 Å². The first-order valence-electron chi connectivity index (χ1n) is 11.7. The lowest BCUT2D eigenvalue weighted by Crippen LogP contribution is -2.29. The standard InChI is InChI=1S/C28H29F2N3O2/c1-3-16-33(19-25(34)20-10-6-4-7-11-20)18-23-27(21-12-8-5-9-13-21)31-32(2)28(23)35-26-15-14-22(29)17-24(26)30/h4-15,17,25,34H,3,16,18-19H2,1-2H3. The van der Waals surface area contributed by atoms with Crippen molar-refractivity contribution in [2.24, 2.45) is 7.05 Å². The molecule has 182 valence electrons. The molecular formula is C28H29F2N3O2. The van der Waals surface area contributed by atoms with Crippen LogP contribution in [0.4, 0.5) is 8.78 Å². The molecule has 0 radical (unpaired) electrons. The van der Waals surface area contributed by atoms with E-state index in [-0.39, 0.29) is 5.75 Å². The van der Waals surface area contributed by atoms with Gasteiger partial charge in [-0.05, 0) is 30.7 Å². The lowest BCUT2D eigenvalue weighted by Gasteiger charge is -2.25. The van der Waals surface area contributed by atoms with Gasteiger partial charge in [-0.15, -0.1) is 0 Å². The van der Waals surface area contributed by atoms with Crippen molar-refractivity contribution in [3.05, 3.63) is 102 Å². The molecule has 35 heavy (non-hydrogen) atoms. The summed E-state index contributed by atoms with van der Waals surface area (Å²) in [6.45, 7) is 3.64. The second kappa shape index (κ2) is 11.3. The summed E-state index contributed by atoms with van der Waals surface area (Å²) in [5, 5.41) is 15.6. The summed E-state index contributed by atoms with van der Waals surface area (Å²) in [6.07, 6.45) is 0.212. The molecule has 0 saturated heterocycles. The van der Waals surface area contributed by atoms with E-state index in [0.717, 1.165) is 41.8 Å². The van der Waals surface area contributed by atoms with E-state index in [4.69, 9.17) is 4.74 Å². The van der Waals surface area contributed by atoms with Gasteiger partial charge in [-0.1, -0.05) is 67.6 Å². The fourth-order valence-electron chi connectivity index (χ4n) is 4.11. The van der Waals surface area contributed by atoms with Crippen LogP contribution in [0.25, 0.3) is 11.3 Å². The minimum absolute atomic E-state index is 0.0818. The summed E-state index contributed by atoms with van der Waals surface area (Å²) in [5.74, 6) is -1.18. The Balaban J connectivity index is 1.71. The quantitative estimate of drug-likeness (QED) is 0.300. The number of aliphatic hydroxyl groups excluding tert-OH is 1. The Kier molecular flexibility index (Phi) is 7.90. The van der Waals surface area contributed by atoms with E-state index in [2.05, 4.69) is 16.9 Å². The number of nitrogens with zero attached hydrogens (tertiary/aromatic N) is 3. The predicted octanol–water partition coefficient (Wildman–Crippen LogP) is 6.10. The van der Waals surface area contributed by atoms with Crippen LogP contribution in [0.15, 0.2) is 78.9 Å². The molecule has 0 spiro atoms. The molecule has 0 bridgehead atoms.